The number of amides is 3. The summed E-state index contributed by atoms with van der Waals surface area (Å²) in [5.74, 6) is -2.30. The van der Waals surface area contributed by atoms with Crippen molar-refractivity contribution in [1.29, 1.82) is 0 Å². The van der Waals surface area contributed by atoms with Crippen LogP contribution in [0.1, 0.15) is 24.0 Å². The van der Waals surface area contributed by atoms with Crippen LogP contribution < -0.4 is 10.6 Å². The number of carbonyl (C=O) groups excluding carboxylic acids is 3. The number of hydrogen-bond acceptors (Lipinski definition) is 7. The van der Waals surface area contributed by atoms with Crippen LogP contribution in [0.3, 0.4) is 0 Å². The van der Waals surface area contributed by atoms with Crippen LogP contribution in [-0.4, -0.2) is 102 Å². The van der Waals surface area contributed by atoms with Crippen molar-refractivity contribution in [2.75, 3.05) is 46.0 Å². The standard InChI is InChI=1S/C32H40N4O6/c37-21-24(19-22-7-3-1-4-8-22)36-28(30(39)33-13-14-35-15-17-41-18-16-35)32-12-11-25(42-32)26(27(32)31(36)40)29(38)34-20-23-9-5-2-6-10-23/h1-10,24-28,37H,11-21H2,(H,33,39)(H,34,38)/t24-,25+,26-,27+,28?,32?/m1/s1. The Morgan fingerprint density at radius 3 is 2.36 bits per heavy atom. The summed E-state index contributed by atoms with van der Waals surface area (Å²) in [7, 11) is 0. The predicted octanol–water partition coefficient (Wildman–Crippen LogP) is 0.729. The first kappa shape index (κ1) is 28.8. The van der Waals surface area contributed by atoms with E-state index in [9.17, 15) is 19.5 Å². The second-order valence-electron chi connectivity index (χ2n) is 11.8. The highest BCUT2D eigenvalue weighted by Gasteiger charge is 2.75. The average Bonchev–Trinajstić information content (AvgIpc) is 3.67. The number of hydrogen-bond donors (Lipinski definition) is 3. The van der Waals surface area contributed by atoms with Gasteiger partial charge in [0.15, 0.2) is 0 Å². The maximum absolute atomic E-state index is 14.3. The van der Waals surface area contributed by atoms with Crippen LogP contribution in [0.4, 0.5) is 0 Å². The molecule has 0 aliphatic carbocycles. The van der Waals surface area contributed by atoms with E-state index < -0.39 is 35.6 Å². The number of fused-ring (bicyclic) bond motifs is 1. The predicted molar refractivity (Wildman–Crippen MR) is 154 cm³/mol. The van der Waals surface area contributed by atoms with E-state index in [1.807, 2.05) is 60.7 Å². The summed E-state index contributed by atoms with van der Waals surface area (Å²) < 4.78 is 12.0. The summed E-state index contributed by atoms with van der Waals surface area (Å²) >= 11 is 0. The van der Waals surface area contributed by atoms with Crippen LogP contribution >= 0.6 is 0 Å². The maximum atomic E-state index is 14.3. The van der Waals surface area contributed by atoms with E-state index in [0.29, 0.717) is 52.1 Å². The summed E-state index contributed by atoms with van der Waals surface area (Å²) in [6, 6.07) is 17.7. The Morgan fingerprint density at radius 2 is 1.67 bits per heavy atom. The monoisotopic (exact) mass is 576 g/mol. The molecule has 4 saturated heterocycles. The molecule has 3 N–H and O–H groups in total. The Morgan fingerprint density at radius 1 is 0.976 bits per heavy atom. The van der Waals surface area contributed by atoms with Crippen LogP contribution in [0, 0.1) is 11.8 Å². The molecule has 2 aromatic rings. The summed E-state index contributed by atoms with van der Waals surface area (Å²) in [5, 5.41) is 16.6. The third-order valence-electron chi connectivity index (χ3n) is 9.35. The molecule has 1 spiro atoms. The number of likely N-dealkylation sites (tertiary alicyclic amines) is 1. The topological polar surface area (TPSA) is 120 Å². The lowest BCUT2D eigenvalue weighted by Gasteiger charge is -2.37. The fourth-order valence-corrected chi connectivity index (χ4v) is 7.38. The first-order valence-corrected chi connectivity index (χ1v) is 15.1. The van der Waals surface area contributed by atoms with Gasteiger partial charge in [-0.1, -0.05) is 60.7 Å². The van der Waals surface area contributed by atoms with Gasteiger partial charge in [-0.25, -0.2) is 0 Å². The minimum atomic E-state index is -1.11. The van der Waals surface area contributed by atoms with Gasteiger partial charge in [-0.3, -0.25) is 19.3 Å². The first-order chi connectivity index (χ1) is 20.5. The Balaban J connectivity index is 1.25. The highest BCUT2D eigenvalue weighted by Crippen LogP contribution is 2.58. The largest absolute Gasteiger partial charge is 0.394 e. The van der Waals surface area contributed by atoms with E-state index in [2.05, 4.69) is 15.5 Å². The highest BCUT2D eigenvalue weighted by atomic mass is 16.5. The Kier molecular flexibility index (Phi) is 8.57. The van der Waals surface area contributed by atoms with Gasteiger partial charge in [-0.2, -0.15) is 0 Å². The minimum Gasteiger partial charge on any atom is -0.394 e. The van der Waals surface area contributed by atoms with Crippen LogP contribution in [0.2, 0.25) is 0 Å². The lowest BCUT2D eigenvalue weighted by Crippen LogP contribution is -2.59. The Hall–Kier alpha value is -3.31. The summed E-state index contributed by atoms with van der Waals surface area (Å²) in [5.41, 5.74) is 0.807. The second-order valence-corrected chi connectivity index (χ2v) is 11.8. The fraction of sp³-hybridized carbons (Fsp3) is 0.531. The number of nitrogens with one attached hydrogen (secondary N) is 2. The molecular weight excluding hydrogens is 536 g/mol. The second kappa shape index (κ2) is 12.5. The van der Waals surface area contributed by atoms with E-state index in [4.69, 9.17) is 9.47 Å². The molecule has 224 valence electrons. The molecular formula is C32H40N4O6. The maximum Gasteiger partial charge on any atom is 0.245 e. The van der Waals surface area contributed by atoms with Gasteiger partial charge in [0, 0.05) is 32.7 Å². The normalized spacial score (nSPS) is 29.4. The average molecular weight is 577 g/mol. The van der Waals surface area contributed by atoms with E-state index in [1.54, 1.807) is 4.90 Å². The van der Waals surface area contributed by atoms with Crippen LogP contribution in [0.5, 0.6) is 0 Å². The number of carbonyl (C=O) groups is 3. The van der Waals surface area contributed by atoms with Gasteiger partial charge in [0.1, 0.15) is 11.6 Å². The SMILES string of the molecule is O=C(NCCN1CCOCC1)C1N([C@@H](CO)Cc2ccccc2)C(=O)[C@@H]2[C@H](C(=O)NCc3ccccc3)[C@@H]3CCC12O3. The van der Waals surface area contributed by atoms with Crippen molar-refractivity contribution >= 4 is 17.7 Å². The van der Waals surface area contributed by atoms with Crippen molar-refractivity contribution in [2.45, 2.75) is 49.6 Å². The van der Waals surface area contributed by atoms with Gasteiger partial charge in [0.25, 0.3) is 0 Å². The quantitative estimate of drug-likeness (QED) is 0.361. The van der Waals surface area contributed by atoms with Gasteiger partial charge in [-0.15, -0.1) is 0 Å². The highest BCUT2D eigenvalue weighted by molar-refractivity contribution is 5.99. The number of rotatable bonds is 11. The molecule has 6 rings (SSSR count). The van der Waals surface area contributed by atoms with Gasteiger partial charge in [0.05, 0.1) is 43.8 Å². The molecule has 4 aliphatic rings. The third-order valence-corrected chi connectivity index (χ3v) is 9.35. The number of aliphatic hydroxyl groups is 1. The molecule has 10 heteroatoms. The molecule has 2 bridgehead atoms. The number of nitrogens with zero attached hydrogens (tertiary/aromatic N) is 2. The zero-order valence-electron chi connectivity index (χ0n) is 23.8. The van der Waals surface area contributed by atoms with Crippen molar-refractivity contribution in [1.82, 2.24) is 20.4 Å². The molecule has 42 heavy (non-hydrogen) atoms. The van der Waals surface area contributed by atoms with E-state index >= 15 is 0 Å². The zero-order valence-corrected chi connectivity index (χ0v) is 23.8. The summed E-state index contributed by atoms with van der Waals surface area (Å²) in [6.07, 6.45) is 1.07. The number of aliphatic hydroxyl groups excluding tert-OH is 1. The molecule has 0 saturated carbocycles. The molecule has 6 atom stereocenters. The van der Waals surface area contributed by atoms with Crippen LogP contribution in [-0.2, 0) is 36.8 Å². The zero-order chi connectivity index (χ0) is 29.1. The Bertz CT molecular complexity index is 1260. The fourth-order valence-electron chi connectivity index (χ4n) is 7.38. The van der Waals surface area contributed by atoms with Gasteiger partial charge in [-0.05, 0) is 30.4 Å². The van der Waals surface area contributed by atoms with E-state index in [-0.39, 0.29) is 24.3 Å². The smallest absolute Gasteiger partial charge is 0.245 e. The number of morpholine rings is 1. The summed E-state index contributed by atoms with van der Waals surface area (Å²) in [6.45, 7) is 4.09. The van der Waals surface area contributed by atoms with Gasteiger partial charge in [0.2, 0.25) is 17.7 Å². The van der Waals surface area contributed by atoms with Gasteiger partial charge < -0.3 is 30.1 Å². The number of ether oxygens (including phenoxy) is 2. The lowest BCUT2D eigenvalue weighted by atomic mass is 9.70. The third kappa shape index (κ3) is 5.44. The molecule has 3 amide bonds. The summed E-state index contributed by atoms with van der Waals surface area (Å²) in [4.78, 5) is 45.8. The van der Waals surface area contributed by atoms with Crippen molar-refractivity contribution < 1.29 is 29.0 Å². The van der Waals surface area contributed by atoms with Crippen molar-refractivity contribution in [3.63, 3.8) is 0 Å². The molecule has 4 aliphatic heterocycles. The van der Waals surface area contributed by atoms with Gasteiger partial charge >= 0.3 is 0 Å². The molecule has 0 aromatic heterocycles. The van der Waals surface area contributed by atoms with Crippen molar-refractivity contribution in [3.05, 3.63) is 71.8 Å². The Labute approximate surface area is 246 Å². The van der Waals surface area contributed by atoms with E-state index in [1.165, 1.54) is 0 Å². The van der Waals surface area contributed by atoms with Crippen molar-refractivity contribution in [3.8, 4) is 0 Å². The lowest BCUT2D eigenvalue weighted by molar-refractivity contribution is -0.145. The van der Waals surface area contributed by atoms with E-state index in [0.717, 1.165) is 24.2 Å². The van der Waals surface area contributed by atoms with Crippen molar-refractivity contribution in [2.24, 2.45) is 11.8 Å². The number of benzene rings is 2. The first-order valence-electron chi connectivity index (χ1n) is 15.1. The molecule has 0 radical (unpaired) electrons. The molecule has 4 fully saturated rings. The minimum absolute atomic E-state index is 0.235. The van der Waals surface area contributed by atoms with Crippen LogP contribution in [0.15, 0.2) is 60.7 Å². The molecule has 2 unspecified atom stereocenters. The van der Waals surface area contributed by atoms with Crippen LogP contribution in [0.25, 0.3) is 0 Å². The molecule has 10 nitrogen and oxygen atoms in total. The molecule has 4 heterocycles. The molecule has 2 aromatic carbocycles.